The number of hydrogen-bond donors (Lipinski definition) is 1. The van der Waals surface area contributed by atoms with E-state index in [4.69, 9.17) is 9.84 Å². The second-order valence-corrected chi connectivity index (χ2v) is 6.38. The first kappa shape index (κ1) is 14.9. The predicted molar refractivity (Wildman–Crippen MR) is 74.7 cm³/mol. The van der Waals surface area contributed by atoms with Gasteiger partial charge >= 0.3 is 5.97 Å². The van der Waals surface area contributed by atoms with E-state index in [1.165, 1.54) is 0 Å². The number of thiophene rings is 1. The van der Waals surface area contributed by atoms with E-state index in [0.717, 1.165) is 29.5 Å². The van der Waals surface area contributed by atoms with Gasteiger partial charge in [0.15, 0.2) is 0 Å². The van der Waals surface area contributed by atoms with Crippen molar-refractivity contribution in [1.29, 1.82) is 0 Å². The molecule has 1 heterocycles. The Bertz CT molecular complexity index is 413. The van der Waals surface area contributed by atoms with E-state index < -0.39 is 5.97 Å². The number of hydrogen-bond acceptors (Lipinski definition) is 3. The van der Waals surface area contributed by atoms with Crippen LogP contribution >= 0.6 is 11.3 Å². The molecule has 0 bridgehead atoms. The van der Waals surface area contributed by atoms with Gasteiger partial charge in [0, 0.05) is 17.6 Å². The molecule has 1 rings (SSSR count). The third-order valence-corrected chi connectivity index (χ3v) is 3.26. The topological polar surface area (TPSA) is 46.5 Å². The summed E-state index contributed by atoms with van der Waals surface area (Å²) in [5.41, 5.74) is 1.21. The van der Waals surface area contributed by atoms with Crippen molar-refractivity contribution in [2.24, 2.45) is 5.41 Å². The zero-order chi connectivity index (χ0) is 13.6. The van der Waals surface area contributed by atoms with Gasteiger partial charge in [-0.15, -0.1) is 11.3 Å². The molecule has 18 heavy (non-hydrogen) atoms. The number of rotatable bonds is 6. The number of carboxylic acid groups (broad SMARTS) is 1. The summed E-state index contributed by atoms with van der Waals surface area (Å²) in [7, 11) is 0. The fourth-order valence-electron chi connectivity index (χ4n) is 1.28. The van der Waals surface area contributed by atoms with Crippen molar-refractivity contribution in [2.45, 2.75) is 33.8 Å². The second kappa shape index (κ2) is 6.71. The highest BCUT2D eigenvalue weighted by atomic mass is 32.1. The third kappa shape index (κ3) is 6.57. The van der Waals surface area contributed by atoms with Gasteiger partial charge in [0.2, 0.25) is 0 Å². The molecule has 1 aromatic heterocycles. The van der Waals surface area contributed by atoms with E-state index in [9.17, 15) is 4.79 Å². The molecule has 0 radical (unpaired) electrons. The maximum absolute atomic E-state index is 10.4. The zero-order valence-corrected chi connectivity index (χ0v) is 11.9. The molecular formula is C14H20O3S. The first-order chi connectivity index (χ1) is 8.37. The molecule has 0 fully saturated rings. The highest BCUT2D eigenvalue weighted by molar-refractivity contribution is 7.10. The molecule has 0 saturated carbocycles. The van der Waals surface area contributed by atoms with Gasteiger partial charge in [-0.2, -0.15) is 0 Å². The van der Waals surface area contributed by atoms with Gasteiger partial charge < -0.3 is 9.84 Å². The highest BCUT2D eigenvalue weighted by Gasteiger charge is 2.09. The van der Waals surface area contributed by atoms with Gasteiger partial charge in [0.1, 0.15) is 0 Å². The second-order valence-electron chi connectivity index (χ2n) is 5.38. The van der Waals surface area contributed by atoms with E-state index in [1.807, 2.05) is 11.4 Å². The van der Waals surface area contributed by atoms with Gasteiger partial charge in [0.25, 0.3) is 0 Å². The lowest BCUT2D eigenvalue weighted by Crippen LogP contribution is -2.09. The van der Waals surface area contributed by atoms with E-state index in [1.54, 1.807) is 17.4 Å². The Labute approximate surface area is 112 Å². The van der Waals surface area contributed by atoms with Crippen LogP contribution in [-0.4, -0.2) is 17.7 Å². The average molecular weight is 268 g/mol. The fraction of sp³-hybridized carbons (Fsp3) is 0.500. The summed E-state index contributed by atoms with van der Waals surface area (Å²) >= 11 is 1.59. The molecule has 4 heteroatoms. The largest absolute Gasteiger partial charge is 0.478 e. The summed E-state index contributed by atoms with van der Waals surface area (Å²) in [5, 5.41) is 10.5. The Morgan fingerprint density at radius 3 is 2.83 bits per heavy atom. The zero-order valence-electron chi connectivity index (χ0n) is 11.1. The maximum Gasteiger partial charge on any atom is 0.328 e. The monoisotopic (exact) mass is 268 g/mol. The minimum absolute atomic E-state index is 0.296. The van der Waals surface area contributed by atoms with Crippen LogP contribution in [0.25, 0.3) is 6.08 Å². The van der Waals surface area contributed by atoms with Gasteiger partial charge in [-0.3, -0.25) is 0 Å². The lowest BCUT2D eigenvalue weighted by Gasteiger charge is -2.17. The van der Waals surface area contributed by atoms with E-state index in [-0.39, 0.29) is 0 Å². The van der Waals surface area contributed by atoms with Crippen molar-refractivity contribution in [3.8, 4) is 0 Å². The van der Waals surface area contributed by atoms with Crippen molar-refractivity contribution in [3.05, 3.63) is 28.0 Å². The molecule has 100 valence electrons. The number of carboxylic acids is 1. The summed E-state index contributed by atoms with van der Waals surface area (Å²) in [6.07, 6.45) is 3.77. The summed E-state index contributed by atoms with van der Waals surface area (Å²) in [4.78, 5) is 11.5. The van der Waals surface area contributed by atoms with E-state index >= 15 is 0 Å². The van der Waals surface area contributed by atoms with Gasteiger partial charge in [0.05, 0.1) is 6.61 Å². The lowest BCUT2D eigenvalue weighted by molar-refractivity contribution is -0.131. The SMILES string of the molecule is CC(C)(C)CCOCc1cc(C=CC(=O)O)cs1. The van der Waals surface area contributed by atoms with Crippen LogP contribution in [0, 0.1) is 5.41 Å². The molecule has 1 aromatic rings. The maximum atomic E-state index is 10.4. The average Bonchev–Trinajstić information content (AvgIpc) is 2.68. The van der Waals surface area contributed by atoms with Crippen LogP contribution in [0.4, 0.5) is 0 Å². The smallest absolute Gasteiger partial charge is 0.328 e. The van der Waals surface area contributed by atoms with E-state index in [0.29, 0.717) is 12.0 Å². The van der Waals surface area contributed by atoms with Crippen molar-refractivity contribution in [2.75, 3.05) is 6.61 Å². The molecule has 1 N–H and O–H groups in total. The summed E-state index contributed by atoms with van der Waals surface area (Å²) < 4.78 is 5.60. The van der Waals surface area contributed by atoms with Crippen molar-refractivity contribution in [1.82, 2.24) is 0 Å². The van der Waals surface area contributed by atoms with Crippen LogP contribution in [0.15, 0.2) is 17.5 Å². The Morgan fingerprint density at radius 1 is 1.50 bits per heavy atom. The molecule has 0 aliphatic carbocycles. The summed E-state index contributed by atoms with van der Waals surface area (Å²) in [5.74, 6) is -0.927. The number of aliphatic carboxylic acids is 1. The molecule has 0 spiro atoms. The lowest BCUT2D eigenvalue weighted by atomic mass is 9.93. The molecule has 0 saturated heterocycles. The van der Waals surface area contributed by atoms with Gasteiger partial charge in [-0.05, 0) is 34.9 Å². The van der Waals surface area contributed by atoms with Crippen molar-refractivity contribution < 1.29 is 14.6 Å². The minimum Gasteiger partial charge on any atom is -0.478 e. The molecule has 0 aliphatic heterocycles. The molecular weight excluding hydrogens is 248 g/mol. The van der Waals surface area contributed by atoms with Gasteiger partial charge in [-0.25, -0.2) is 4.79 Å². The standard InChI is InChI=1S/C14H20O3S/c1-14(2,3)6-7-17-9-12-8-11(10-18-12)4-5-13(15)16/h4-5,8,10H,6-7,9H2,1-3H3,(H,15,16). The Kier molecular flexibility index (Phi) is 5.56. The molecule has 0 aromatic carbocycles. The first-order valence-corrected chi connectivity index (χ1v) is 6.81. The van der Waals surface area contributed by atoms with Crippen LogP contribution in [0.1, 0.15) is 37.6 Å². The number of ether oxygens (including phenoxy) is 1. The fourth-order valence-corrected chi connectivity index (χ4v) is 2.07. The Balaban J connectivity index is 2.34. The highest BCUT2D eigenvalue weighted by Crippen LogP contribution is 2.20. The third-order valence-electron chi connectivity index (χ3n) is 2.33. The van der Waals surface area contributed by atoms with E-state index in [2.05, 4.69) is 20.8 Å². The van der Waals surface area contributed by atoms with Crippen LogP contribution in [-0.2, 0) is 16.1 Å². The molecule has 0 amide bonds. The first-order valence-electron chi connectivity index (χ1n) is 5.93. The summed E-state index contributed by atoms with van der Waals surface area (Å²) in [6.45, 7) is 7.92. The minimum atomic E-state index is -0.927. The molecule has 0 aliphatic rings. The Morgan fingerprint density at radius 2 is 2.22 bits per heavy atom. The molecule has 0 atom stereocenters. The normalized spacial score (nSPS) is 12.2. The summed E-state index contributed by atoms with van der Waals surface area (Å²) in [6, 6.07) is 1.96. The predicted octanol–water partition coefficient (Wildman–Crippen LogP) is 3.80. The van der Waals surface area contributed by atoms with Gasteiger partial charge in [-0.1, -0.05) is 20.8 Å². The molecule has 0 unspecified atom stereocenters. The van der Waals surface area contributed by atoms with Crippen molar-refractivity contribution in [3.63, 3.8) is 0 Å². The molecule has 3 nitrogen and oxygen atoms in total. The Hall–Kier alpha value is -1.13. The van der Waals surface area contributed by atoms with Crippen LogP contribution in [0.3, 0.4) is 0 Å². The van der Waals surface area contributed by atoms with Crippen LogP contribution in [0.5, 0.6) is 0 Å². The quantitative estimate of drug-likeness (QED) is 0.630. The van der Waals surface area contributed by atoms with Crippen LogP contribution < -0.4 is 0 Å². The van der Waals surface area contributed by atoms with Crippen LogP contribution in [0.2, 0.25) is 0 Å². The van der Waals surface area contributed by atoms with Crippen molar-refractivity contribution >= 4 is 23.4 Å². The number of carbonyl (C=O) groups is 1.